The maximum atomic E-state index is 4.24. The van der Waals surface area contributed by atoms with E-state index in [1.54, 1.807) is 0 Å². The number of hydrogen-bond acceptors (Lipinski definition) is 2. The maximum absolute atomic E-state index is 4.24. The molecular formula is C7H14N2. The molecule has 0 saturated heterocycles. The minimum atomic E-state index is 0.260. The summed E-state index contributed by atoms with van der Waals surface area (Å²) in [5, 5.41) is 3.31. The molecule has 0 fully saturated rings. The largest absolute Gasteiger partial charge is 0.314 e. The molecule has 1 aliphatic heterocycles. The SMILES string of the molecule is CC1(C)C=NCCNC1. The molecule has 1 aliphatic rings. The molecule has 0 saturated carbocycles. The van der Waals surface area contributed by atoms with Gasteiger partial charge >= 0.3 is 0 Å². The third kappa shape index (κ3) is 2.14. The van der Waals surface area contributed by atoms with Crippen LogP contribution >= 0.6 is 0 Å². The van der Waals surface area contributed by atoms with Crippen molar-refractivity contribution >= 4 is 6.21 Å². The van der Waals surface area contributed by atoms with E-state index in [1.165, 1.54) is 0 Å². The van der Waals surface area contributed by atoms with Crippen LogP contribution in [0.15, 0.2) is 4.99 Å². The first-order valence-corrected chi connectivity index (χ1v) is 3.42. The highest BCUT2D eigenvalue weighted by atomic mass is 14.9. The summed E-state index contributed by atoms with van der Waals surface area (Å²) < 4.78 is 0. The van der Waals surface area contributed by atoms with Gasteiger partial charge in [0.05, 0.1) is 6.54 Å². The van der Waals surface area contributed by atoms with Crippen LogP contribution < -0.4 is 5.32 Å². The Morgan fingerprint density at radius 2 is 2.33 bits per heavy atom. The van der Waals surface area contributed by atoms with Crippen LogP contribution in [0, 0.1) is 5.41 Å². The van der Waals surface area contributed by atoms with Crippen LogP contribution in [0.4, 0.5) is 0 Å². The Morgan fingerprint density at radius 3 is 3.11 bits per heavy atom. The van der Waals surface area contributed by atoms with Crippen molar-refractivity contribution in [3.8, 4) is 0 Å². The Labute approximate surface area is 56.4 Å². The highest BCUT2D eigenvalue weighted by molar-refractivity contribution is 5.65. The van der Waals surface area contributed by atoms with E-state index in [0.29, 0.717) is 0 Å². The Bertz CT molecular complexity index is 116. The van der Waals surface area contributed by atoms with Crippen LogP contribution in [0.25, 0.3) is 0 Å². The first-order valence-electron chi connectivity index (χ1n) is 3.42. The zero-order valence-corrected chi connectivity index (χ0v) is 6.15. The van der Waals surface area contributed by atoms with E-state index < -0.39 is 0 Å². The third-order valence-corrected chi connectivity index (χ3v) is 1.44. The summed E-state index contributed by atoms with van der Waals surface area (Å²) in [7, 11) is 0. The van der Waals surface area contributed by atoms with Crippen molar-refractivity contribution in [2.75, 3.05) is 19.6 Å². The second kappa shape index (κ2) is 2.48. The van der Waals surface area contributed by atoms with E-state index in [2.05, 4.69) is 24.2 Å². The van der Waals surface area contributed by atoms with Crippen molar-refractivity contribution < 1.29 is 0 Å². The fourth-order valence-electron chi connectivity index (χ4n) is 0.911. The fraction of sp³-hybridized carbons (Fsp3) is 0.857. The molecule has 2 nitrogen and oxygen atoms in total. The highest BCUT2D eigenvalue weighted by Gasteiger charge is 2.14. The van der Waals surface area contributed by atoms with Gasteiger partial charge < -0.3 is 5.32 Å². The molecule has 0 aromatic rings. The van der Waals surface area contributed by atoms with Crippen LogP contribution in [0.5, 0.6) is 0 Å². The van der Waals surface area contributed by atoms with Crippen molar-refractivity contribution in [1.82, 2.24) is 5.32 Å². The predicted molar refractivity (Wildman–Crippen MR) is 40.0 cm³/mol. The lowest BCUT2D eigenvalue weighted by atomic mass is 9.96. The monoisotopic (exact) mass is 126 g/mol. The van der Waals surface area contributed by atoms with Gasteiger partial charge in [0, 0.05) is 24.7 Å². The lowest BCUT2D eigenvalue weighted by Crippen LogP contribution is -2.29. The molecule has 0 radical (unpaired) electrons. The van der Waals surface area contributed by atoms with E-state index in [0.717, 1.165) is 19.6 Å². The molecule has 2 heteroatoms. The summed E-state index contributed by atoms with van der Waals surface area (Å²) in [5.41, 5.74) is 0.260. The van der Waals surface area contributed by atoms with Gasteiger partial charge in [-0.3, -0.25) is 4.99 Å². The van der Waals surface area contributed by atoms with Crippen LogP contribution in [0.2, 0.25) is 0 Å². The van der Waals surface area contributed by atoms with Crippen molar-refractivity contribution in [1.29, 1.82) is 0 Å². The Kier molecular flexibility index (Phi) is 1.86. The summed E-state index contributed by atoms with van der Waals surface area (Å²) >= 11 is 0. The van der Waals surface area contributed by atoms with Gasteiger partial charge in [-0.1, -0.05) is 13.8 Å². The summed E-state index contributed by atoms with van der Waals surface area (Å²) in [6.45, 7) is 7.39. The molecule has 0 amide bonds. The molecule has 9 heavy (non-hydrogen) atoms. The first-order chi connectivity index (χ1) is 4.21. The Morgan fingerprint density at radius 1 is 1.56 bits per heavy atom. The molecule has 0 atom stereocenters. The van der Waals surface area contributed by atoms with Crippen molar-refractivity contribution in [3.05, 3.63) is 0 Å². The third-order valence-electron chi connectivity index (χ3n) is 1.44. The number of nitrogens with zero attached hydrogens (tertiary/aromatic N) is 1. The zero-order valence-electron chi connectivity index (χ0n) is 6.15. The zero-order chi connectivity index (χ0) is 6.74. The lowest BCUT2D eigenvalue weighted by molar-refractivity contribution is 0.493. The molecular weight excluding hydrogens is 112 g/mol. The van der Waals surface area contributed by atoms with Crippen LogP contribution in [-0.4, -0.2) is 25.8 Å². The molecule has 0 aromatic heterocycles. The number of hydrogen-bond donors (Lipinski definition) is 1. The second-order valence-electron chi connectivity index (χ2n) is 3.20. The molecule has 52 valence electrons. The van der Waals surface area contributed by atoms with Gasteiger partial charge in [-0.2, -0.15) is 0 Å². The van der Waals surface area contributed by atoms with E-state index in [1.807, 2.05) is 6.21 Å². The highest BCUT2D eigenvalue weighted by Crippen LogP contribution is 2.10. The van der Waals surface area contributed by atoms with E-state index in [9.17, 15) is 0 Å². The minimum Gasteiger partial charge on any atom is -0.314 e. The van der Waals surface area contributed by atoms with Crippen LogP contribution in [-0.2, 0) is 0 Å². The predicted octanol–water partition coefficient (Wildman–Crippen LogP) is 0.687. The normalized spacial score (nSPS) is 25.6. The van der Waals surface area contributed by atoms with Gasteiger partial charge in [-0.25, -0.2) is 0 Å². The molecule has 0 aliphatic carbocycles. The molecule has 1 rings (SSSR count). The molecule has 0 unspecified atom stereocenters. The summed E-state index contributed by atoms with van der Waals surface area (Å²) in [6, 6.07) is 0. The van der Waals surface area contributed by atoms with E-state index in [4.69, 9.17) is 0 Å². The fourth-order valence-corrected chi connectivity index (χ4v) is 0.911. The number of aliphatic imine (C=N–C) groups is 1. The Hall–Kier alpha value is -0.370. The minimum absolute atomic E-state index is 0.260. The summed E-state index contributed by atoms with van der Waals surface area (Å²) in [4.78, 5) is 4.24. The summed E-state index contributed by atoms with van der Waals surface area (Å²) in [5.74, 6) is 0. The molecule has 0 spiro atoms. The van der Waals surface area contributed by atoms with Crippen molar-refractivity contribution in [2.45, 2.75) is 13.8 Å². The maximum Gasteiger partial charge on any atom is 0.0510 e. The van der Waals surface area contributed by atoms with E-state index >= 15 is 0 Å². The van der Waals surface area contributed by atoms with Gasteiger partial charge in [-0.05, 0) is 0 Å². The average molecular weight is 126 g/mol. The summed E-state index contributed by atoms with van der Waals surface area (Å²) in [6.07, 6.45) is 2.05. The second-order valence-corrected chi connectivity index (χ2v) is 3.20. The van der Waals surface area contributed by atoms with Gasteiger partial charge in [0.15, 0.2) is 0 Å². The standard InChI is InChI=1S/C7H14N2/c1-7(2)5-8-3-4-9-6-7/h5,9H,3-4,6H2,1-2H3. The van der Waals surface area contributed by atoms with Crippen LogP contribution in [0.3, 0.4) is 0 Å². The molecule has 0 aromatic carbocycles. The van der Waals surface area contributed by atoms with E-state index in [-0.39, 0.29) is 5.41 Å². The van der Waals surface area contributed by atoms with Gasteiger partial charge in [0.2, 0.25) is 0 Å². The lowest BCUT2D eigenvalue weighted by Gasteiger charge is -2.16. The number of rotatable bonds is 0. The Balaban J connectivity index is 2.52. The average Bonchev–Trinajstić information content (AvgIpc) is 1.92. The first kappa shape index (κ1) is 6.75. The smallest absolute Gasteiger partial charge is 0.0510 e. The molecule has 1 heterocycles. The molecule has 1 N–H and O–H groups in total. The van der Waals surface area contributed by atoms with Crippen LogP contribution in [0.1, 0.15) is 13.8 Å². The van der Waals surface area contributed by atoms with Crippen molar-refractivity contribution in [3.63, 3.8) is 0 Å². The number of nitrogens with one attached hydrogen (secondary N) is 1. The van der Waals surface area contributed by atoms with Crippen molar-refractivity contribution in [2.24, 2.45) is 10.4 Å². The van der Waals surface area contributed by atoms with Gasteiger partial charge in [0.1, 0.15) is 0 Å². The quantitative estimate of drug-likeness (QED) is 0.507. The van der Waals surface area contributed by atoms with Gasteiger partial charge in [-0.15, -0.1) is 0 Å². The topological polar surface area (TPSA) is 24.4 Å². The van der Waals surface area contributed by atoms with Gasteiger partial charge in [0.25, 0.3) is 0 Å². The molecule has 0 bridgehead atoms.